The van der Waals surface area contributed by atoms with Crippen LogP contribution in [0.1, 0.15) is 11.1 Å². The smallest absolute Gasteiger partial charge is 0.331 e. The molecule has 2 rings (SSSR count). The van der Waals surface area contributed by atoms with E-state index < -0.39 is 11.9 Å². The van der Waals surface area contributed by atoms with Crippen LogP contribution in [0.25, 0.3) is 6.08 Å². The van der Waals surface area contributed by atoms with Gasteiger partial charge in [-0.3, -0.25) is 4.79 Å². The van der Waals surface area contributed by atoms with Gasteiger partial charge in [-0.05, 0) is 42.3 Å². The minimum absolute atomic E-state index is 0.306. The van der Waals surface area contributed by atoms with Crippen LogP contribution in [0.5, 0.6) is 11.5 Å². The molecule has 0 atom stereocenters. The Morgan fingerprint density at radius 2 is 1.82 bits per heavy atom. The second kappa shape index (κ2) is 10.7. The first-order valence-electron chi connectivity index (χ1n) is 8.60. The Bertz CT molecular complexity index is 833. The fourth-order valence-corrected chi connectivity index (χ4v) is 2.35. The van der Waals surface area contributed by atoms with Gasteiger partial charge in [-0.2, -0.15) is 0 Å². The van der Waals surface area contributed by atoms with Gasteiger partial charge >= 0.3 is 5.97 Å². The lowest BCUT2D eigenvalue weighted by Crippen LogP contribution is -2.30. The van der Waals surface area contributed by atoms with Crippen molar-refractivity contribution in [2.45, 2.75) is 6.42 Å². The second-order valence-corrected chi connectivity index (χ2v) is 5.78. The van der Waals surface area contributed by atoms with Crippen molar-refractivity contribution in [3.05, 3.63) is 65.5 Å². The predicted octanol–water partition coefficient (Wildman–Crippen LogP) is 2.76. The van der Waals surface area contributed by atoms with Crippen LogP contribution in [0, 0.1) is 5.82 Å². The van der Waals surface area contributed by atoms with Crippen LogP contribution in [-0.4, -0.2) is 39.2 Å². The second-order valence-electron chi connectivity index (χ2n) is 5.78. The van der Waals surface area contributed by atoms with E-state index in [2.05, 4.69) is 5.32 Å². The van der Waals surface area contributed by atoms with Gasteiger partial charge in [0.1, 0.15) is 17.3 Å². The molecule has 6 nitrogen and oxygen atoms in total. The SMILES string of the molecule is COc1ccc(/C=C/C(=O)OCC(=O)NCCc2ccc(F)cc2)c(OC)c1. The maximum Gasteiger partial charge on any atom is 0.331 e. The van der Waals surface area contributed by atoms with E-state index in [1.165, 1.54) is 31.4 Å². The molecule has 0 radical (unpaired) electrons. The van der Waals surface area contributed by atoms with E-state index in [4.69, 9.17) is 14.2 Å². The lowest BCUT2D eigenvalue weighted by molar-refractivity contribution is -0.143. The van der Waals surface area contributed by atoms with E-state index in [1.807, 2.05) is 0 Å². The van der Waals surface area contributed by atoms with Crippen molar-refractivity contribution in [1.82, 2.24) is 5.32 Å². The monoisotopic (exact) mass is 387 g/mol. The van der Waals surface area contributed by atoms with Crippen LogP contribution in [0.4, 0.5) is 4.39 Å². The van der Waals surface area contributed by atoms with Crippen molar-refractivity contribution in [1.29, 1.82) is 0 Å². The maximum absolute atomic E-state index is 12.8. The van der Waals surface area contributed by atoms with Crippen LogP contribution < -0.4 is 14.8 Å². The van der Waals surface area contributed by atoms with Crippen LogP contribution in [0.2, 0.25) is 0 Å². The third-order valence-corrected chi connectivity index (χ3v) is 3.83. The Balaban J connectivity index is 1.74. The molecule has 0 spiro atoms. The van der Waals surface area contributed by atoms with Gasteiger partial charge in [-0.25, -0.2) is 9.18 Å². The molecule has 0 unspecified atom stereocenters. The highest BCUT2D eigenvalue weighted by Gasteiger charge is 2.06. The predicted molar refractivity (Wildman–Crippen MR) is 103 cm³/mol. The van der Waals surface area contributed by atoms with Crippen molar-refractivity contribution in [2.24, 2.45) is 0 Å². The molecule has 0 aliphatic carbocycles. The molecule has 1 amide bonds. The van der Waals surface area contributed by atoms with E-state index in [9.17, 15) is 14.0 Å². The molecule has 7 heteroatoms. The minimum atomic E-state index is -0.647. The van der Waals surface area contributed by atoms with Crippen LogP contribution in [-0.2, 0) is 20.7 Å². The summed E-state index contributed by atoms with van der Waals surface area (Å²) in [5.74, 6) is -0.187. The fourth-order valence-electron chi connectivity index (χ4n) is 2.35. The first kappa shape index (κ1) is 21.0. The Hall–Kier alpha value is -3.35. The zero-order valence-electron chi connectivity index (χ0n) is 15.7. The number of carbonyl (C=O) groups excluding carboxylic acids is 2. The van der Waals surface area contributed by atoms with Gasteiger partial charge in [0.25, 0.3) is 5.91 Å². The van der Waals surface area contributed by atoms with Gasteiger partial charge in [-0.1, -0.05) is 12.1 Å². The van der Waals surface area contributed by atoms with Crippen molar-refractivity contribution < 1.29 is 28.2 Å². The lowest BCUT2D eigenvalue weighted by Gasteiger charge is -2.07. The fraction of sp³-hybridized carbons (Fsp3) is 0.238. The number of hydrogen-bond acceptors (Lipinski definition) is 5. The highest BCUT2D eigenvalue weighted by molar-refractivity contribution is 5.89. The number of ether oxygens (including phenoxy) is 3. The molecule has 2 aromatic carbocycles. The van der Waals surface area contributed by atoms with Crippen LogP contribution in [0.3, 0.4) is 0 Å². The molecule has 1 N–H and O–H groups in total. The van der Waals surface area contributed by atoms with Crippen molar-refractivity contribution in [3.63, 3.8) is 0 Å². The average molecular weight is 387 g/mol. The molecule has 0 aliphatic rings. The molecule has 0 bridgehead atoms. The van der Waals surface area contributed by atoms with E-state index in [1.54, 1.807) is 37.4 Å². The summed E-state index contributed by atoms with van der Waals surface area (Å²) in [6.07, 6.45) is 3.31. The molecular formula is C21H22FNO5. The molecular weight excluding hydrogens is 365 g/mol. The molecule has 0 aromatic heterocycles. The highest BCUT2D eigenvalue weighted by atomic mass is 19.1. The van der Waals surface area contributed by atoms with Crippen molar-refractivity contribution in [2.75, 3.05) is 27.4 Å². The molecule has 148 valence electrons. The maximum atomic E-state index is 12.8. The Morgan fingerprint density at radius 1 is 1.07 bits per heavy atom. The van der Waals surface area contributed by atoms with E-state index >= 15 is 0 Å². The zero-order chi connectivity index (χ0) is 20.4. The molecule has 2 aromatic rings. The first-order valence-corrected chi connectivity index (χ1v) is 8.60. The van der Waals surface area contributed by atoms with Crippen LogP contribution in [0.15, 0.2) is 48.5 Å². The molecule has 0 saturated heterocycles. The summed E-state index contributed by atoms with van der Waals surface area (Å²) >= 11 is 0. The number of carbonyl (C=O) groups is 2. The summed E-state index contributed by atoms with van der Waals surface area (Å²) in [6.45, 7) is -0.0206. The number of methoxy groups -OCH3 is 2. The Labute approximate surface area is 162 Å². The van der Waals surface area contributed by atoms with Gasteiger partial charge in [0, 0.05) is 24.3 Å². The summed E-state index contributed by atoms with van der Waals surface area (Å²) in [6, 6.07) is 11.2. The van der Waals surface area contributed by atoms with Gasteiger partial charge in [0.2, 0.25) is 0 Å². The minimum Gasteiger partial charge on any atom is -0.497 e. The van der Waals surface area contributed by atoms with E-state index in [0.717, 1.165) is 5.56 Å². The lowest BCUT2D eigenvalue weighted by atomic mass is 10.1. The third-order valence-electron chi connectivity index (χ3n) is 3.83. The Kier molecular flexibility index (Phi) is 8.02. The number of amides is 1. The van der Waals surface area contributed by atoms with Crippen molar-refractivity contribution >= 4 is 18.0 Å². The summed E-state index contributed by atoms with van der Waals surface area (Å²) in [4.78, 5) is 23.5. The topological polar surface area (TPSA) is 73.9 Å². The average Bonchev–Trinajstić information content (AvgIpc) is 2.72. The number of nitrogens with one attached hydrogen (secondary N) is 1. The first-order chi connectivity index (χ1) is 13.5. The molecule has 0 aliphatic heterocycles. The normalized spacial score (nSPS) is 10.5. The summed E-state index contributed by atoms with van der Waals surface area (Å²) in [7, 11) is 3.06. The molecule has 0 saturated carbocycles. The van der Waals surface area contributed by atoms with Gasteiger partial charge in [-0.15, -0.1) is 0 Å². The van der Waals surface area contributed by atoms with E-state index in [-0.39, 0.29) is 12.4 Å². The number of benzene rings is 2. The standard InChI is InChI=1S/C21H22FNO5/c1-26-18-9-5-16(19(13-18)27-2)6-10-21(25)28-14-20(24)23-12-11-15-3-7-17(22)8-4-15/h3-10,13H,11-12,14H2,1-2H3,(H,23,24)/b10-6+. The van der Waals surface area contributed by atoms with Crippen molar-refractivity contribution in [3.8, 4) is 11.5 Å². The Morgan fingerprint density at radius 3 is 2.50 bits per heavy atom. The number of rotatable bonds is 9. The zero-order valence-corrected chi connectivity index (χ0v) is 15.7. The number of hydrogen-bond donors (Lipinski definition) is 1. The van der Waals surface area contributed by atoms with Crippen LogP contribution >= 0.6 is 0 Å². The van der Waals surface area contributed by atoms with Gasteiger partial charge in [0.15, 0.2) is 6.61 Å². The van der Waals surface area contributed by atoms with Gasteiger partial charge in [0.05, 0.1) is 14.2 Å². The summed E-state index contributed by atoms with van der Waals surface area (Å²) < 4.78 is 28.1. The van der Waals surface area contributed by atoms with Gasteiger partial charge < -0.3 is 19.5 Å². The number of esters is 1. The highest BCUT2D eigenvalue weighted by Crippen LogP contribution is 2.25. The molecule has 28 heavy (non-hydrogen) atoms. The van der Waals surface area contributed by atoms with E-state index in [0.29, 0.717) is 30.0 Å². The summed E-state index contributed by atoms with van der Waals surface area (Å²) in [5.41, 5.74) is 1.57. The number of halogens is 1. The third kappa shape index (κ3) is 6.75. The summed E-state index contributed by atoms with van der Waals surface area (Å²) in [5, 5.41) is 2.64. The molecule has 0 fully saturated rings. The quantitative estimate of drug-likeness (QED) is 0.529. The largest absolute Gasteiger partial charge is 0.497 e. The molecule has 0 heterocycles.